The number of benzene rings is 1. The number of hydrazone groups is 1. The molecule has 0 atom stereocenters. The van der Waals surface area contributed by atoms with Crippen molar-refractivity contribution in [3.05, 3.63) is 61.2 Å². The van der Waals surface area contributed by atoms with Gasteiger partial charge in [0.1, 0.15) is 18.7 Å². The van der Waals surface area contributed by atoms with E-state index in [1.807, 2.05) is 49.1 Å². The van der Waals surface area contributed by atoms with E-state index in [2.05, 4.69) is 16.7 Å². The van der Waals surface area contributed by atoms with Gasteiger partial charge in [-0.3, -0.25) is 4.57 Å². The van der Waals surface area contributed by atoms with Crippen molar-refractivity contribution in [3.63, 3.8) is 0 Å². The van der Waals surface area contributed by atoms with Gasteiger partial charge in [-0.05, 0) is 12.1 Å². The van der Waals surface area contributed by atoms with Gasteiger partial charge in [0.05, 0.1) is 5.56 Å². The largest absolute Gasteiger partial charge is 0.489 e. The van der Waals surface area contributed by atoms with Crippen molar-refractivity contribution in [2.45, 2.75) is 0 Å². The minimum Gasteiger partial charge on any atom is -0.489 e. The van der Waals surface area contributed by atoms with Crippen molar-refractivity contribution < 1.29 is 4.74 Å². The number of aromatic nitrogens is 2. The molecule has 0 aliphatic rings. The van der Waals surface area contributed by atoms with Gasteiger partial charge in [0, 0.05) is 26.5 Å². The highest BCUT2D eigenvalue weighted by Gasteiger charge is 2.12. The SMILES string of the molecule is C=CCOc1ccccc1/C(=N\N(C)C)n1ccnc1. The van der Waals surface area contributed by atoms with Gasteiger partial charge in [-0.25, -0.2) is 4.98 Å². The lowest BCUT2D eigenvalue weighted by atomic mass is 10.2. The predicted octanol–water partition coefficient (Wildman–Crippen LogP) is 2.22. The number of imidazole rings is 1. The van der Waals surface area contributed by atoms with Crippen LogP contribution in [0.1, 0.15) is 5.56 Å². The van der Waals surface area contributed by atoms with Crippen molar-refractivity contribution in [1.82, 2.24) is 14.6 Å². The van der Waals surface area contributed by atoms with E-state index in [1.54, 1.807) is 23.6 Å². The molecule has 1 heterocycles. The molecule has 0 aliphatic heterocycles. The van der Waals surface area contributed by atoms with Crippen LogP contribution < -0.4 is 4.74 Å². The molecule has 0 radical (unpaired) electrons. The summed E-state index contributed by atoms with van der Waals surface area (Å²) in [5.41, 5.74) is 0.904. The summed E-state index contributed by atoms with van der Waals surface area (Å²) < 4.78 is 7.55. The monoisotopic (exact) mass is 270 g/mol. The maximum atomic E-state index is 5.70. The summed E-state index contributed by atoms with van der Waals surface area (Å²) in [6.45, 7) is 4.12. The van der Waals surface area contributed by atoms with Gasteiger partial charge in [-0.1, -0.05) is 24.8 Å². The number of hydrogen-bond donors (Lipinski definition) is 0. The van der Waals surface area contributed by atoms with E-state index in [-0.39, 0.29) is 0 Å². The molecule has 0 amide bonds. The van der Waals surface area contributed by atoms with Crippen LogP contribution in [-0.2, 0) is 0 Å². The van der Waals surface area contributed by atoms with Crippen LogP contribution >= 0.6 is 0 Å². The lowest BCUT2D eigenvalue weighted by molar-refractivity contribution is 0.362. The quantitative estimate of drug-likeness (QED) is 0.362. The molecule has 0 spiro atoms. The molecule has 20 heavy (non-hydrogen) atoms. The van der Waals surface area contributed by atoms with E-state index in [9.17, 15) is 0 Å². The van der Waals surface area contributed by atoms with Crippen LogP contribution in [0.25, 0.3) is 0 Å². The van der Waals surface area contributed by atoms with Gasteiger partial charge in [-0.15, -0.1) is 0 Å². The molecule has 1 aromatic heterocycles. The molecule has 5 nitrogen and oxygen atoms in total. The third-order valence-electron chi connectivity index (χ3n) is 2.53. The summed E-state index contributed by atoms with van der Waals surface area (Å²) in [5.74, 6) is 1.52. The first-order valence-electron chi connectivity index (χ1n) is 6.29. The molecule has 2 aromatic rings. The fourth-order valence-corrected chi connectivity index (χ4v) is 1.74. The Labute approximate surface area is 118 Å². The van der Waals surface area contributed by atoms with Gasteiger partial charge in [-0.2, -0.15) is 5.10 Å². The Kier molecular flexibility index (Phi) is 4.55. The third-order valence-corrected chi connectivity index (χ3v) is 2.53. The molecule has 1 aromatic carbocycles. The smallest absolute Gasteiger partial charge is 0.168 e. The van der Waals surface area contributed by atoms with Crippen LogP contribution in [0.4, 0.5) is 0 Å². The Bertz CT molecular complexity index is 588. The number of ether oxygens (including phenoxy) is 1. The van der Waals surface area contributed by atoms with E-state index in [1.165, 1.54) is 0 Å². The van der Waals surface area contributed by atoms with E-state index in [0.717, 1.165) is 17.1 Å². The molecular formula is C15H18N4O. The number of rotatable bonds is 5. The van der Waals surface area contributed by atoms with E-state index < -0.39 is 0 Å². The van der Waals surface area contributed by atoms with Crippen LogP contribution in [0, 0.1) is 0 Å². The molecule has 0 unspecified atom stereocenters. The standard InChI is InChI=1S/C15H18N4O/c1-4-11-20-14-8-6-5-7-13(14)15(17-18(2)3)19-10-9-16-12-19/h4-10,12H,1,11H2,2-3H3/b17-15+. The lowest BCUT2D eigenvalue weighted by Gasteiger charge is -2.15. The summed E-state index contributed by atoms with van der Waals surface area (Å²) in [4.78, 5) is 4.07. The molecule has 0 N–H and O–H groups in total. The zero-order valence-electron chi connectivity index (χ0n) is 11.7. The van der Waals surface area contributed by atoms with E-state index in [4.69, 9.17) is 4.74 Å². The third kappa shape index (κ3) is 3.26. The van der Waals surface area contributed by atoms with Crippen molar-refractivity contribution in [2.75, 3.05) is 20.7 Å². The zero-order chi connectivity index (χ0) is 14.4. The van der Waals surface area contributed by atoms with Crippen LogP contribution in [0.2, 0.25) is 0 Å². The predicted molar refractivity (Wildman–Crippen MR) is 80.0 cm³/mol. The Morgan fingerprint density at radius 3 is 2.90 bits per heavy atom. The lowest BCUT2D eigenvalue weighted by Crippen LogP contribution is -2.18. The Morgan fingerprint density at radius 1 is 1.45 bits per heavy atom. The van der Waals surface area contributed by atoms with Crippen LogP contribution in [0.3, 0.4) is 0 Å². The van der Waals surface area contributed by atoms with Crippen LogP contribution in [0.5, 0.6) is 5.75 Å². The van der Waals surface area contributed by atoms with Gasteiger partial charge < -0.3 is 9.75 Å². The van der Waals surface area contributed by atoms with Crippen LogP contribution in [0.15, 0.2) is 60.7 Å². The number of nitrogens with zero attached hydrogens (tertiary/aromatic N) is 4. The minimum absolute atomic E-state index is 0.455. The maximum Gasteiger partial charge on any atom is 0.168 e. The molecule has 0 saturated carbocycles. The van der Waals surface area contributed by atoms with Crippen molar-refractivity contribution in [1.29, 1.82) is 0 Å². The van der Waals surface area contributed by atoms with Crippen molar-refractivity contribution >= 4 is 5.84 Å². The topological polar surface area (TPSA) is 42.6 Å². The van der Waals surface area contributed by atoms with Gasteiger partial charge in [0.15, 0.2) is 5.84 Å². The molecule has 0 aliphatic carbocycles. The summed E-state index contributed by atoms with van der Waals surface area (Å²) in [6.07, 6.45) is 7.01. The summed E-state index contributed by atoms with van der Waals surface area (Å²) in [7, 11) is 3.76. The minimum atomic E-state index is 0.455. The number of hydrogen-bond acceptors (Lipinski definition) is 4. The second kappa shape index (κ2) is 6.56. The van der Waals surface area contributed by atoms with E-state index >= 15 is 0 Å². The van der Waals surface area contributed by atoms with Crippen molar-refractivity contribution in [2.24, 2.45) is 5.10 Å². The molecule has 5 heteroatoms. The Balaban J connectivity index is 2.47. The molecule has 104 valence electrons. The highest BCUT2D eigenvalue weighted by Crippen LogP contribution is 2.20. The summed E-state index contributed by atoms with van der Waals surface area (Å²) in [6, 6.07) is 7.78. The summed E-state index contributed by atoms with van der Waals surface area (Å²) >= 11 is 0. The van der Waals surface area contributed by atoms with Crippen molar-refractivity contribution in [3.8, 4) is 5.75 Å². The normalized spacial score (nSPS) is 11.2. The maximum absolute atomic E-state index is 5.70. The molecular weight excluding hydrogens is 252 g/mol. The second-order valence-electron chi connectivity index (χ2n) is 4.34. The first-order chi connectivity index (χ1) is 9.72. The molecule has 0 bridgehead atoms. The fraction of sp³-hybridized carbons (Fsp3) is 0.200. The first kappa shape index (κ1) is 13.9. The fourth-order valence-electron chi connectivity index (χ4n) is 1.74. The van der Waals surface area contributed by atoms with Crippen LogP contribution in [-0.4, -0.2) is 41.1 Å². The molecule has 0 fully saturated rings. The first-order valence-corrected chi connectivity index (χ1v) is 6.29. The molecule has 0 saturated heterocycles. The second-order valence-corrected chi connectivity index (χ2v) is 4.34. The molecule has 2 rings (SSSR count). The highest BCUT2D eigenvalue weighted by atomic mass is 16.5. The highest BCUT2D eigenvalue weighted by molar-refractivity contribution is 6.02. The average Bonchev–Trinajstić information content (AvgIpc) is 2.97. The average molecular weight is 270 g/mol. The summed E-state index contributed by atoms with van der Waals surface area (Å²) in [5, 5.41) is 6.28. The number of para-hydroxylation sites is 1. The van der Waals surface area contributed by atoms with Gasteiger partial charge >= 0.3 is 0 Å². The van der Waals surface area contributed by atoms with Gasteiger partial charge in [0.2, 0.25) is 0 Å². The Hall–Kier alpha value is -2.56. The Morgan fingerprint density at radius 2 is 2.25 bits per heavy atom. The zero-order valence-corrected chi connectivity index (χ0v) is 11.7. The van der Waals surface area contributed by atoms with Gasteiger partial charge in [0.25, 0.3) is 0 Å². The van der Waals surface area contributed by atoms with E-state index in [0.29, 0.717) is 6.61 Å².